The Kier molecular flexibility index (Phi) is 7.08. The molecule has 0 radical (unpaired) electrons. The minimum atomic E-state index is -3.76. The van der Waals surface area contributed by atoms with Crippen LogP contribution in [-0.4, -0.2) is 63.2 Å². The van der Waals surface area contributed by atoms with Crippen LogP contribution < -0.4 is 10.6 Å². The highest BCUT2D eigenvalue weighted by Gasteiger charge is 2.35. The summed E-state index contributed by atoms with van der Waals surface area (Å²) < 4.78 is 30.8. The van der Waals surface area contributed by atoms with E-state index in [0.717, 1.165) is 25.7 Å². The number of aryl methyl sites for hydroxylation is 2. The second kappa shape index (κ2) is 9.87. The van der Waals surface area contributed by atoms with Crippen molar-refractivity contribution in [1.29, 1.82) is 0 Å². The molecule has 0 bridgehead atoms. The lowest BCUT2D eigenvalue weighted by molar-refractivity contribution is -0.120. The van der Waals surface area contributed by atoms with Crippen molar-refractivity contribution in [2.45, 2.75) is 69.9 Å². The van der Waals surface area contributed by atoms with Crippen molar-refractivity contribution in [2.75, 3.05) is 18.4 Å². The lowest BCUT2D eigenvalue weighted by atomic mass is 9.98. The van der Waals surface area contributed by atoms with Crippen molar-refractivity contribution in [3.05, 3.63) is 23.8 Å². The Labute approximate surface area is 199 Å². The average molecular weight is 492 g/mol. The number of nitrogens with zero attached hydrogens (tertiary/aromatic N) is 5. The third kappa shape index (κ3) is 4.88. The molecule has 0 aromatic carbocycles. The van der Waals surface area contributed by atoms with Gasteiger partial charge in [0.25, 0.3) is 5.91 Å². The Morgan fingerprint density at radius 3 is 2.56 bits per heavy atom. The monoisotopic (exact) mass is 491 g/mol. The molecule has 11 nitrogen and oxygen atoms in total. The molecule has 0 spiro atoms. The summed E-state index contributed by atoms with van der Waals surface area (Å²) in [6.07, 6.45) is 8.22. The lowest BCUT2D eigenvalue weighted by Gasteiger charge is -2.31. The van der Waals surface area contributed by atoms with Crippen LogP contribution in [0.15, 0.2) is 17.3 Å². The van der Waals surface area contributed by atoms with Crippen molar-refractivity contribution < 1.29 is 18.0 Å². The fourth-order valence-electron chi connectivity index (χ4n) is 4.65. The number of piperidine rings is 1. The van der Waals surface area contributed by atoms with Crippen molar-refractivity contribution in [3.63, 3.8) is 0 Å². The first-order valence-electron chi connectivity index (χ1n) is 11.9. The smallest absolute Gasteiger partial charge is 0.274 e. The second-order valence-electron chi connectivity index (χ2n) is 9.11. The van der Waals surface area contributed by atoms with Gasteiger partial charge in [-0.1, -0.05) is 12.8 Å². The van der Waals surface area contributed by atoms with Gasteiger partial charge in [-0.25, -0.2) is 8.42 Å². The Morgan fingerprint density at radius 2 is 1.91 bits per heavy atom. The average Bonchev–Trinajstić information content (AvgIpc) is 3.55. The standard InChI is InChI=1S/C22H33N7O4S/c1-4-28-14-18(20(26-28)22(31)24-17-9-5-6-10-17)25-21(30)16-8-7-11-29(13-16)34(32,33)19-12-23-27(3)15(19)2/h12,14,16-17H,4-11,13H2,1-3H3,(H,24,31)(H,25,30). The molecule has 2 N–H and O–H groups in total. The van der Waals surface area contributed by atoms with Crippen LogP contribution in [-0.2, 0) is 28.4 Å². The summed E-state index contributed by atoms with van der Waals surface area (Å²) in [6.45, 7) is 4.59. The number of carbonyl (C=O) groups is 2. The maximum absolute atomic E-state index is 13.2. The highest BCUT2D eigenvalue weighted by Crippen LogP contribution is 2.27. The van der Waals surface area contributed by atoms with E-state index in [-0.39, 0.29) is 35.0 Å². The predicted molar refractivity (Wildman–Crippen MR) is 126 cm³/mol. The van der Waals surface area contributed by atoms with Crippen molar-refractivity contribution in [2.24, 2.45) is 13.0 Å². The number of sulfonamides is 1. The number of anilines is 1. The molecule has 2 aromatic heterocycles. The number of aromatic nitrogens is 4. The Balaban J connectivity index is 1.47. The van der Waals surface area contributed by atoms with Crippen molar-refractivity contribution in [3.8, 4) is 0 Å². The van der Waals surface area contributed by atoms with Gasteiger partial charge in [0.2, 0.25) is 15.9 Å². The van der Waals surface area contributed by atoms with E-state index in [4.69, 9.17) is 0 Å². The molecule has 2 aromatic rings. The lowest BCUT2D eigenvalue weighted by Crippen LogP contribution is -2.44. The summed E-state index contributed by atoms with van der Waals surface area (Å²) in [5.41, 5.74) is 1.09. The maximum Gasteiger partial charge on any atom is 0.274 e. The topological polar surface area (TPSA) is 131 Å². The van der Waals surface area contributed by atoms with Gasteiger partial charge in [-0.05, 0) is 39.5 Å². The summed E-state index contributed by atoms with van der Waals surface area (Å²) in [6, 6.07) is 0.135. The van der Waals surface area contributed by atoms with Crippen LogP contribution in [0.25, 0.3) is 0 Å². The fraction of sp³-hybridized carbons (Fsp3) is 0.636. The third-order valence-electron chi connectivity index (χ3n) is 6.81. The molecule has 2 amide bonds. The van der Waals surface area contributed by atoms with Crippen LogP contribution in [0.5, 0.6) is 0 Å². The number of nitrogens with one attached hydrogen (secondary N) is 2. The number of hydrogen-bond donors (Lipinski definition) is 2. The van der Waals surface area contributed by atoms with Gasteiger partial charge in [0.05, 0.1) is 23.5 Å². The van der Waals surface area contributed by atoms with E-state index >= 15 is 0 Å². The Morgan fingerprint density at radius 1 is 1.18 bits per heavy atom. The summed E-state index contributed by atoms with van der Waals surface area (Å²) in [5, 5.41) is 14.3. The maximum atomic E-state index is 13.2. The molecule has 1 saturated heterocycles. The summed E-state index contributed by atoms with van der Waals surface area (Å²) in [7, 11) is -2.06. The van der Waals surface area contributed by atoms with Crippen LogP contribution in [0, 0.1) is 12.8 Å². The molecule has 4 rings (SSSR count). The first-order chi connectivity index (χ1) is 16.2. The van der Waals surface area contributed by atoms with Crippen LogP contribution in [0.1, 0.15) is 61.6 Å². The summed E-state index contributed by atoms with van der Waals surface area (Å²) >= 11 is 0. The van der Waals surface area contributed by atoms with Gasteiger partial charge in [-0.2, -0.15) is 14.5 Å². The van der Waals surface area contributed by atoms with E-state index in [0.29, 0.717) is 37.3 Å². The van der Waals surface area contributed by atoms with E-state index < -0.39 is 15.9 Å². The van der Waals surface area contributed by atoms with Crippen LogP contribution in [0.3, 0.4) is 0 Å². The summed E-state index contributed by atoms with van der Waals surface area (Å²) in [5.74, 6) is -1.14. The molecule has 12 heteroatoms. The Bertz CT molecular complexity index is 1160. The number of amides is 2. The molecule has 34 heavy (non-hydrogen) atoms. The predicted octanol–water partition coefficient (Wildman–Crippen LogP) is 1.66. The normalized spacial score (nSPS) is 19.9. The van der Waals surface area contributed by atoms with Gasteiger partial charge >= 0.3 is 0 Å². The van der Waals surface area contributed by atoms with Gasteiger partial charge in [-0.3, -0.25) is 19.0 Å². The largest absolute Gasteiger partial charge is 0.348 e. The second-order valence-corrected chi connectivity index (χ2v) is 11.0. The molecule has 1 unspecified atom stereocenters. The third-order valence-corrected chi connectivity index (χ3v) is 8.78. The zero-order chi connectivity index (χ0) is 24.5. The number of hydrogen-bond acceptors (Lipinski definition) is 6. The fourth-order valence-corrected chi connectivity index (χ4v) is 6.36. The molecule has 1 aliphatic heterocycles. The zero-order valence-electron chi connectivity index (χ0n) is 20.0. The van der Waals surface area contributed by atoms with Gasteiger partial charge in [0.15, 0.2) is 5.69 Å². The first kappa shape index (κ1) is 24.4. The minimum Gasteiger partial charge on any atom is -0.348 e. The minimum absolute atomic E-state index is 0.0774. The van der Waals surface area contributed by atoms with Crippen molar-refractivity contribution in [1.82, 2.24) is 29.2 Å². The van der Waals surface area contributed by atoms with Gasteiger partial charge < -0.3 is 10.6 Å². The van der Waals surface area contributed by atoms with Crippen LogP contribution in [0.4, 0.5) is 5.69 Å². The number of rotatable bonds is 7. The van der Waals surface area contributed by atoms with E-state index in [1.165, 1.54) is 15.2 Å². The molecular formula is C22H33N7O4S. The highest BCUT2D eigenvalue weighted by atomic mass is 32.2. The molecule has 1 saturated carbocycles. The molecule has 3 heterocycles. The van der Waals surface area contributed by atoms with Gasteiger partial charge in [0.1, 0.15) is 4.90 Å². The molecular weight excluding hydrogens is 458 g/mol. The molecule has 1 atom stereocenters. The van der Waals surface area contributed by atoms with E-state index in [1.54, 1.807) is 24.9 Å². The van der Waals surface area contributed by atoms with Gasteiger partial charge in [0, 0.05) is 38.9 Å². The molecule has 2 fully saturated rings. The van der Waals surface area contributed by atoms with Crippen molar-refractivity contribution >= 4 is 27.5 Å². The van der Waals surface area contributed by atoms with E-state index in [9.17, 15) is 18.0 Å². The summed E-state index contributed by atoms with van der Waals surface area (Å²) in [4.78, 5) is 26.2. The van der Waals surface area contributed by atoms with Crippen LogP contribution >= 0.6 is 0 Å². The Hall–Kier alpha value is -2.73. The molecule has 186 valence electrons. The SMILES string of the molecule is CCn1cc(NC(=O)C2CCCN(S(=O)(=O)c3cnn(C)c3C)C2)c(C(=O)NC2CCCC2)n1. The highest BCUT2D eigenvalue weighted by molar-refractivity contribution is 7.89. The first-order valence-corrected chi connectivity index (χ1v) is 13.3. The van der Waals surface area contributed by atoms with Crippen LogP contribution in [0.2, 0.25) is 0 Å². The van der Waals surface area contributed by atoms with Gasteiger partial charge in [-0.15, -0.1) is 0 Å². The van der Waals surface area contributed by atoms with E-state index in [2.05, 4.69) is 20.8 Å². The van der Waals surface area contributed by atoms with E-state index in [1.807, 2.05) is 6.92 Å². The molecule has 1 aliphatic carbocycles. The zero-order valence-corrected chi connectivity index (χ0v) is 20.8. The quantitative estimate of drug-likeness (QED) is 0.606. The molecule has 2 aliphatic rings. The number of carbonyl (C=O) groups excluding carboxylic acids is 2.